The number of halogens is 1. The van der Waals surface area contributed by atoms with Gasteiger partial charge in [-0.1, -0.05) is 98.5 Å². The largest absolute Gasteiger partial charge is 0.500 e. The van der Waals surface area contributed by atoms with E-state index in [1.54, 1.807) is 18.3 Å². The number of nitrogens with zero attached hydrogens (tertiary/aromatic N) is 2. The molecule has 0 N–H and O–H groups in total. The Morgan fingerprint density at radius 2 is 1.57 bits per heavy atom. The second-order valence-corrected chi connectivity index (χ2v) is 17.4. The van der Waals surface area contributed by atoms with Gasteiger partial charge in [-0.3, -0.25) is 0 Å². The first kappa shape index (κ1) is 31.7. The summed E-state index contributed by atoms with van der Waals surface area (Å²) in [4.78, 5) is 9.04. The molecular weight excluding hydrogens is 764 g/mol. The molecule has 0 aliphatic rings. The molecule has 0 spiro atoms. The minimum Gasteiger partial charge on any atom is -0.500 e. The van der Waals surface area contributed by atoms with Gasteiger partial charge in [-0.05, 0) is 46.2 Å². The summed E-state index contributed by atoms with van der Waals surface area (Å²) >= 11 is 0. The molecule has 0 saturated heterocycles. The summed E-state index contributed by atoms with van der Waals surface area (Å²) in [7, 11) is -1.23. The van der Waals surface area contributed by atoms with E-state index in [1.165, 1.54) is 17.3 Å². The van der Waals surface area contributed by atoms with Crippen molar-refractivity contribution in [2.24, 2.45) is 0 Å². The predicted octanol–water partition coefficient (Wildman–Crippen LogP) is 10.5. The minimum atomic E-state index is -1.23. The summed E-state index contributed by atoms with van der Waals surface area (Å²) < 4.78 is 28.1. The van der Waals surface area contributed by atoms with Crippen molar-refractivity contribution < 1.29 is 30.3 Å². The molecule has 6 heteroatoms. The average molecular weight is 800 g/mol. The normalized spacial score (nSPS) is 11.8. The van der Waals surface area contributed by atoms with E-state index >= 15 is 0 Å². The summed E-state index contributed by atoms with van der Waals surface area (Å²) in [5.74, 6) is -0.995. The number of hydrogen-bond donors (Lipinski definition) is 0. The molecule has 0 aliphatic carbocycles. The molecule has 0 atom stereocenters. The second kappa shape index (κ2) is 14.0. The van der Waals surface area contributed by atoms with Gasteiger partial charge in [0.15, 0.2) is 0 Å². The Morgan fingerprint density at radius 3 is 2.24 bits per heavy atom. The average Bonchev–Trinajstić information content (AvgIpc) is 3.45. The third-order valence-electron chi connectivity index (χ3n) is 7.82. The monoisotopic (exact) mass is 800 g/mol. The summed E-state index contributed by atoms with van der Waals surface area (Å²) in [6.07, 6.45) is 3.74. The van der Waals surface area contributed by atoms with Gasteiger partial charge in [0.1, 0.15) is 11.4 Å². The second-order valence-electron chi connectivity index (χ2n) is 12.3. The molecule has 3 aromatic heterocycles. The van der Waals surface area contributed by atoms with Crippen molar-refractivity contribution in [3.05, 3.63) is 139 Å². The fourth-order valence-corrected chi connectivity index (χ4v) is 6.27. The maximum Gasteiger partial charge on any atom is 0.128 e. The quantitative estimate of drug-likeness (QED) is 0.129. The van der Waals surface area contributed by atoms with Crippen LogP contribution in [0.5, 0.6) is 0 Å². The Labute approximate surface area is 286 Å². The van der Waals surface area contributed by atoms with Crippen LogP contribution in [0.2, 0.25) is 19.6 Å². The van der Waals surface area contributed by atoms with Crippen LogP contribution in [0.25, 0.3) is 55.6 Å². The fraction of sp³-hybridized carbons (Fsp3) is 0.150. The molecular formula is C40H35FIrN2OSi-2. The number of aromatic nitrogens is 2. The molecule has 46 heavy (non-hydrogen) atoms. The first-order chi connectivity index (χ1) is 22.0. The van der Waals surface area contributed by atoms with E-state index in [-0.39, 0.29) is 25.9 Å². The number of rotatable bonds is 5. The molecule has 3 heterocycles. The molecule has 0 aliphatic heterocycles. The van der Waals surface area contributed by atoms with Gasteiger partial charge in [0.05, 0.1) is 13.7 Å². The fourth-order valence-electron chi connectivity index (χ4n) is 5.24. The van der Waals surface area contributed by atoms with Crippen molar-refractivity contribution >= 4 is 35.2 Å². The first-order valence-electron chi connectivity index (χ1n) is 15.5. The standard InChI is InChI=1S/C26H19FNO.C14H16NSi.Ir/c1-16(2)18-13-14-28-24(15-18)23-8-4-7-22-21-6-3-5-20(25(21)29-26(22)23)17-9-11-19(27)12-10-17;1-16(2,3)13-9-10-14(15-11-13)12-7-5-4-6-8-12;/h3-7,9-16H,1-2H3;4-7,9-11H,1-3H3;/q2*-1;/i16D;;. The molecule has 0 saturated carbocycles. The Balaban J connectivity index is 0.000000217. The van der Waals surface area contributed by atoms with E-state index in [1.807, 2.05) is 86.8 Å². The summed E-state index contributed by atoms with van der Waals surface area (Å²) in [6.45, 7) is 10.7. The third kappa shape index (κ3) is 7.10. The van der Waals surface area contributed by atoms with Crippen LogP contribution in [0.4, 0.5) is 4.39 Å². The van der Waals surface area contributed by atoms with Gasteiger partial charge in [-0.2, -0.15) is 0 Å². The molecule has 0 amide bonds. The summed E-state index contributed by atoms with van der Waals surface area (Å²) in [6, 6.07) is 38.7. The van der Waals surface area contributed by atoms with Crippen LogP contribution in [0, 0.1) is 17.9 Å². The third-order valence-corrected chi connectivity index (χ3v) is 9.85. The van der Waals surface area contributed by atoms with E-state index in [4.69, 9.17) is 5.79 Å². The van der Waals surface area contributed by atoms with Crippen LogP contribution >= 0.6 is 0 Å². The van der Waals surface area contributed by atoms with E-state index < -0.39 is 14.0 Å². The first-order valence-corrected chi connectivity index (χ1v) is 18.5. The summed E-state index contributed by atoms with van der Waals surface area (Å²) in [5, 5.41) is 3.35. The number of fused-ring (bicyclic) bond motifs is 3. The number of benzene rings is 4. The van der Waals surface area contributed by atoms with Gasteiger partial charge in [0.25, 0.3) is 0 Å². The SMILES string of the molecule is C[Si](C)(C)c1ccc(-c2[c-]cccc2)nc1.[2H]C(C)(C)c1ccnc(-c2[c-]ccc3c2oc2c(-c4ccc(F)cc4)cccc23)c1.[Ir]. The minimum absolute atomic E-state index is 0. The van der Waals surface area contributed by atoms with Crippen LogP contribution in [0.15, 0.2) is 120 Å². The van der Waals surface area contributed by atoms with E-state index in [0.29, 0.717) is 5.58 Å². The molecule has 3 nitrogen and oxygen atoms in total. The van der Waals surface area contributed by atoms with Gasteiger partial charge in [-0.25, -0.2) is 4.39 Å². The van der Waals surface area contributed by atoms with Crippen LogP contribution in [0.3, 0.4) is 0 Å². The zero-order valence-corrected chi connectivity index (χ0v) is 29.9. The predicted molar refractivity (Wildman–Crippen MR) is 187 cm³/mol. The Kier molecular flexibility index (Phi) is 9.69. The number of hydrogen-bond acceptors (Lipinski definition) is 3. The zero-order valence-electron chi connectivity index (χ0n) is 27.5. The molecule has 7 rings (SSSR count). The molecule has 0 fully saturated rings. The van der Waals surface area contributed by atoms with Crippen LogP contribution in [-0.4, -0.2) is 18.0 Å². The summed E-state index contributed by atoms with van der Waals surface area (Å²) in [5.41, 5.74) is 7.67. The van der Waals surface area contributed by atoms with Gasteiger partial charge in [0.2, 0.25) is 0 Å². The number of pyridine rings is 2. The van der Waals surface area contributed by atoms with Gasteiger partial charge >= 0.3 is 0 Å². The maximum atomic E-state index is 13.4. The van der Waals surface area contributed by atoms with E-state index in [2.05, 4.69) is 53.9 Å². The van der Waals surface area contributed by atoms with Crippen molar-refractivity contribution in [2.75, 3.05) is 0 Å². The van der Waals surface area contributed by atoms with Crippen molar-refractivity contribution in [1.82, 2.24) is 9.97 Å². The van der Waals surface area contributed by atoms with Crippen molar-refractivity contribution in [3.8, 4) is 33.6 Å². The van der Waals surface area contributed by atoms with Crippen molar-refractivity contribution in [3.63, 3.8) is 0 Å². The zero-order chi connectivity index (χ0) is 32.5. The number of para-hydroxylation sites is 1. The molecule has 1 radical (unpaired) electrons. The van der Waals surface area contributed by atoms with Gasteiger partial charge < -0.3 is 14.4 Å². The molecule has 233 valence electrons. The number of furan rings is 1. The Bertz CT molecular complexity index is 2120. The van der Waals surface area contributed by atoms with Gasteiger partial charge in [-0.15, -0.1) is 54.1 Å². The molecule has 0 unspecified atom stereocenters. The van der Waals surface area contributed by atoms with Crippen LogP contribution in [0.1, 0.15) is 26.7 Å². The molecule has 7 aromatic rings. The van der Waals surface area contributed by atoms with Crippen molar-refractivity contribution in [1.29, 1.82) is 0 Å². The van der Waals surface area contributed by atoms with E-state index in [0.717, 1.165) is 55.6 Å². The smallest absolute Gasteiger partial charge is 0.128 e. The van der Waals surface area contributed by atoms with Crippen LogP contribution in [-0.2, 0) is 20.1 Å². The Hall–Kier alpha value is -4.22. The maximum absolute atomic E-state index is 13.4. The van der Waals surface area contributed by atoms with Crippen LogP contribution < -0.4 is 5.19 Å². The topological polar surface area (TPSA) is 38.9 Å². The molecule has 4 aromatic carbocycles. The van der Waals surface area contributed by atoms with Crippen molar-refractivity contribution in [2.45, 2.75) is 39.4 Å². The molecule has 0 bridgehead atoms. The van der Waals surface area contributed by atoms with E-state index in [9.17, 15) is 4.39 Å². The Morgan fingerprint density at radius 1 is 0.783 bits per heavy atom. The van der Waals surface area contributed by atoms with Gasteiger partial charge in [0, 0.05) is 44.8 Å².